The van der Waals surface area contributed by atoms with Gasteiger partial charge in [0.25, 0.3) is 0 Å². The summed E-state index contributed by atoms with van der Waals surface area (Å²) in [5.41, 5.74) is 1.96. The Morgan fingerprint density at radius 2 is 1.46 bits per heavy atom. The SMILES string of the molecule is COc1ccc(/C=C/C(=C(C#N)C#N)c2cc(OC)ccc2OC)cc1. The van der Waals surface area contributed by atoms with Crippen molar-refractivity contribution in [3.8, 4) is 29.4 Å². The Bertz CT molecular complexity index is 898. The molecule has 2 aromatic rings. The largest absolute Gasteiger partial charge is 0.497 e. The van der Waals surface area contributed by atoms with Gasteiger partial charge < -0.3 is 14.2 Å². The van der Waals surface area contributed by atoms with E-state index in [1.165, 1.54) is 7.11 Å². The topological polar surface area (TPSA) is 75.3 Å². The second-order valence-corrected chi connectivity index (χ2v) is 5.18. The maximum atomic E-state index is 9.36. The molecule has 0 saturated heterocycles. The van der Waals surface area contributed by atoms with Crippen LogP contribution in [0, 0.1) is 22.7 Å². The van der Waals surface area contributed by atoms with E-state index in [2.05, 4.69) is 0 Å². The van der Waals surface area contributed by atoms with Crippen molar-refractivity contribution in [3.05, 3.63) is 65.2 Å². The molecule has 0 atom stereocenters. The highest BCUT2D eigenvalue weighted by molar-refractivity contribution is 5.88. The minimum Gasteiger partial charge on any atom is -0.497 e. The average Bonchev–Trinajstić information content (AvgIpc) is 2.71. The number of hydrogen-bond acceptors (Lipinski definition) is 5. The Balaban J connectivity index is 2.56. The van der Waals surface area contributed by atoms with Crippen LogP contribution in [0.1, 0.15) is 11.1 Å². The number of allylic oxidation sites excluding steroid dienone is 3. The zero-order valence-corrected chi connectivity index (χ0v) is 14.8. The van der Waals surface area contributed by atoms with Gasteiger partial charge in [-0.3, -0.25) is 0 Å². The van der Waals surface area contributed by atoms with Crippen LogP contribution in [-0.2, 0) is 0 Å². The molecule has 0 unspecified atom stereocenters. The van der Waals surface area contributed by atoms with Crippen molar-refractivity contribution in [2.24, 2.45) is 0 Å². The lowest BCUT2D eigenvalue weighted by Gasteiger charge is -2.11. The molecule has 26 heavy (non-hydrogen) atoms. The van der Waals surface area contributed by atoms with Crippen molar-refractivity contribution in [2.75, 3.05) is 21.3 Å². The van der Waals surface area contributed by atoms with E-state index in [1.54, 1.807) is 38.5 Å². The van der Waals surface area contributed by atoms with Crippen LogP contribution < -0.4 is 14.2 Å². The van der Waals surface area contributed by atoms with Crippen LogP contribution in [0.4, 0.5) is 0 Å². The molecule has 0 amide bonds. The van der Waals surface area contributed by atoms with Crippen LogP contribution in [0.3, 0.4) is 0 Å². The normalized spacial score (nSPS) is 9.88. The van der Waals surface area contributed by atoms with Gasteiger partial charge in [-0.2, -0.15) is 10.5 Å². The van der Waals surface area contributed by atoms with Crippen molar-refractivity contribution in [2.45, 2.75) is 0 Å². The van der Waals surface area contributed by atoms with Crippen molar-refractivity contribution >= 4 is 11.6 Å². The molecule has 130 valence electrons. The predicted molar refractivity (Wildman–Crippen MR) is 99.7 cm³/mol. The fraction of sp³-hybridized carbons (Fsp3) is 0.143. The number of nitriles is 2. The number of ether oxygens (including phenoxy) is 3. The van der Waals surface area contributed by atoms with Gasteiger partial charge in [0, 0.05) is 11.1 Å². The van der Waals surface area contributed by atoms with Gasteiger partial charge >= 0.3 is 0 Å². The summed E-state index contributed by atoms with van der Waals surface area (Å²) in [6.07, 6.45) is 3.54. The van der Waals surface area contributed by atoms with Crippen LogP contribution in [0.15, 0.2) is 54.1 Å². The number of rotatable bonds is 6. The molecule has 2 aromatic carbocycles. The zero-order chi connectivity index (χ0) is 18.9. The highest BCUT2D eigenvalue weighted by Crippen LogP contribution is 2.33. The number of nitrogens with zero attached hydrogens (tertiary/aromatic N) is 2. The molecule has 0 aromatic heterocycles. The molecular formula is C21H18N2O3. The standard InChI is InChI=1S/C21H18N2O3/c1-24-17-7-4-15(5-8-17)6-10-19(16(13-22)14-23)20-12-18(25-2)9-11-21(20)26-3/h4-12H,1-3H3/b10-6+. The van der Waals surface area contributed by atoms with Gasteiger partial charge in [0.15, 0.2) is 0 Å². The third-order valence-electron chi connectivity index (χ3n) is 3.75. The summed E-state index contributed by atoms with van der Waals surface area (Å²) in [4.78, 5) is 0. The van der Waals surface area contributed by atoms with Crippen molar-refractivity contribution in [1.29, 1.82) is 10.5 Å². The summed E-state index contributed by atoms with van der Waals surface area (Å²) in [7, 11) is 4.69. The maximum absolute atomic E-state index is 9.36. The Kier molecular flexibility index (Phi) is 6.42. The molecule has 0 fully saturated rings. The van der Waals surface area contributed by atoms with Crippen LogP contribution in [0.5, 0.6) is 17.2 Å². The Labute approximate surface area is 153 Å². The van der Waals surface area contributed by atoms with E-state index in [9.17, 15) is 10.5 Å². The second kappa shape index (κ2) is 8.96. The molecular weight excluding hydrogens is 328 g/mol. The van der Waals surface area contributed by atoms with Gasteiger partial charge in [0.1, 0.15) is 35.0 Å². The lowest BCUT2D eigenvalue weighted by atomic mass is 9.98. The quantitative estimate of drug-likeness (QED) is 0.578. The first-order chi connectivity index (χ1) is 12.7. The molecule has 0 bridgehead atoms. The van der Waals surface area contributed by atoms with Crippen LogP contribution in [0.2, 0.25) is 0 Å². The second-order valence-electron chi connectivity index (χ2n) is 5.18. The molecule has 0 heterocycles. The first-order valence-corrected chi connectivity index (χ1v) is 7.75. The Hall–Kier alpha value is -3.70. The van der Waals surface area contributed by atoms with E-state index >= 15 is 0 Å². The molecule has 0 spiro atoms. The van der Waals surface area contributed by atoms with E-state index in [-0.39, 0.29) is 5.57 Å². The third kappa shape index (κ3) is 4.23. The summed E-state index contributed by atoms with van der Waals surface area (Å²) in [5, 5.41) is 18.7. The van der Waals surface area contributed by atoms with Crippen molar-refractivity contribution in [1.82, 2.24) is 0 Å². The van der Waals surface area contributed by atoms with Gasteiger partial charge in [0.05, 0.1) is 21.3 Å². The minimum atomic E-state index is -0.0127. The van der Waals surface area contributed by atoms with Gasteiger partial charge in [-0.1, -0.05) is 24.3 Å². The maximum Gasteiger partial charge on any atom is 0.137 e. The summed E-state index contributed by atoms with van der Waals surface area (Å²) in [5.74, 6) is 1.90. The molecule has 2 rings (SSSR count). The van der Waals surface area contributed by atoms with Crippen molar-refractivity contribution < 1.29 is 14.2 Å². The van der Waals surface area contributed by atoms with E-state index in [4.69, 9.17) is 14.2 Å². The lowest BCUT2D eigenvalue weighted by molar-refractivity contribution is 0.402. The van der Waals surface area contributed by atoms with Gasteiger partial charge in [-0.15, -0.1) is 0 Å². The lowest BCUT2D eigenvalue weighted by Crippen LogP contribution is -1.94. The fourth-order valence-electron chi connectivity index (χ4n) is 2.37. The third-order valence-corrected chi connectivity index (χ3v) is 3.75. The first kappa shape index (κ1) is 18.6. The number of hydrogen-bond donors (Lipinski definition) is 0. The molecule has 0 aliphatic carbocycles. The summed E-state index contributed by atoms with van der Waals surface area (Å²) < 4.78 is 15.8. The van der Waals surface area contributed by atoms with Crippen LogP contribution >= 0.6 is 0 Å². The Morgan fingerprint density at radius 1 is 0.846 bits per heavy atom. The van der Waals surface area contributed by atoms with Gasteiger partial charge in [0.2, 0.25) is 0 Å². The molecule has 0 saturated carbocycles. The average molecular weight is 346 g/mol. The van der Waals surface area contributed by atoms with E-state index < -0.39 is 0 Å². The highest BCUT2D eigenvalue weighted by atomic mass is 16.5. The number of benzene rings is 2. The van der Waals surface area contributed by atoms with E-state index in [1.807, 2.05) is 42.5 Å². The smallest absolute Gasteiger partial charge is 0.137 e. The summed E-state index contributed by atoms with van der Waals surface area (Å²) >= 11 is 0. The molecule has 0 aliphatic heterocycles. The minimum absolute atomic E-state index is 0.0127. The molecule has 5 nitrogen and oxygen atoms in total. The fourth-order valence-corrected chi connectivity index (χ4v) is 2.37. The Morgan fingerprint density at radius 3 is 2.00 bits per heavy atom. The van der Waals surface area contributed by atoms with E-state index in [0.717, 1.165) is 11.3 Å². The van der Waals surface area contributed by atoms with Crippen LogP contribution in [-0.4, -0.2) is 21.3 Å². The van der Waals surface area contributed by atoms with Crippen LogP contribution in [0.25, 0.3) is 11.6 Å². The number of methoxy groups -OCH3 is 3. The molecule has 5 heteroatoms. The zero-order valence-electron chi connectivity index (χ0n) is 14.8. The monoisotopic (exact) mass is 346 g/mol. The molecule has 0 aliphatic rings. The van der Waals surface area contributed by atoms with Crippen molar-refractivity contribution in [3.63, 3.8) is 0 Å². The molecule has 0 radical (unpaired) electrons. The van der Waals surface area contributed by atoms with Gasteiger partial charge in [-0.25, -0.2) is 0 Å². The first-order valence-electron chi connectivity index (χ1n) is 7.75. The predicted octanol–water partition coefficient (Wildman–Crippen LogP) is 4.23. The summed E-state index contributed by atoms with van der Waals surface area (Å²) in [6.45, 7) is 0. The van der Waals surface area contributed by atoms with Gasteiger partial charge in [-0.05, 0) is 35.9 Å². The molecule has 0 N–H and O–H groups in total. The van der Waals surface area contributed by atoms with E-state index in [0.29, 0.717) is 22.6 Å². The summed E-state index contributed by atoms with van der Waals surface area (Å²) in [6, 6.07) is 16.6. The highest BCUT2D eigenvalue weighted by Gasteiger charge is 2.13.